The smallest absolute Gasteiger partial charge is 0.351 e. The van der Waals surface area contributed by atoms with Crippen LogP contribution in [0.25, 0.3) is 0 Å². The molecule has 1 saturated heterocycles. The fraction of sp³-hybridized carbons (Fsp3) is 0.600. The lowest BCUT2D eigenvalue weighted by atomic mass is 10.1. The first-order valence-corrected chi connectivity index (χ1v) is 5.46. The Morgan fingerprint density at radius 2 is 2.17 bits per heavy atom. The van der Waals surface area contributed by atoms with Crippen molar-refractivity contribution in [3.63, 3.8) is 0 Å². The Morgan fingerprint density at radius 3 is 2.67 bits per heavy atom. The largest absolute Gasteiger partial charge is 0.391 e. The van der Waals surface area contributed by atoms with E-state index in [1.54, 1.807) is 0 Å². The lowest BCUT2D eigenvalue weighted by Gasteiger charge is -2.17. The maximum absolute atomic E-state index is 11.6. The standard InChI is InChI=1S/C10H15N3O5/c1-4(14)8-6(15)7(16)9(18-8)13-3-2-5(11)12-10(13)17/h2-4,6-9,14-16H,1H3,(H2,11,12,17)/t4?,6-,7+,8+,9+/m0/s1. The van der Waals surface area contributed by atoms with Crippen molar-refractivity contribution in [2.24, 2.45) is 0 Å². The molecule has 8 heteroatoms. The van der Waals surface area contributed by atoms with Gasteiger partial charge in [0.05, 0.1) is 6.10 Å². The van der Waals surface area contributed by atoms with Crippen LogP contribution in [-0.4, -0.2) is 49.3 Å². The Balaban J connectivity index is 2.32. The molecule has 18 heavy (non-hydrogen) atoms. The Labute approximate surface area is 102 Å². The van der Waals surface area contributed by atoms with E-state index in [4.69, 9.17) is 10.5 Å². The fourth-order valence-corrected chi connectivity index (χ4v) is 1.93. The van der Waals surface area contributed by atoms with Crippen molar-refractivity contribution in [2.75, 3.05) is 5.73 Å². The van der Waals surface area contributed by atoms with E-state index in [2.05, 4.69) is 4.98 Å². The molecule has 0 bridgehead atoms. The van der Waals surface area contributed by atoms with Gasteiger partial charge in [0.2, 0.25) is 0 Å². The number of nitrogen functional groups attached to an aromatic ring is 1. The molecule has 1 aromatic rings. The normalized spacial score (nSPS) is 33.6. The van der Waals surface area contributed by atoms with Crippen molar-refractivity contribution in [1.29, 1.82) is 0 Å². The summed E-state index contributed by atoms with van der Waals surface area (Å²) < 4.78 is 6.31. The second-order valence-electron chi connectivity index (χ2n) is 4.26. The molecule has 1 fully saturated rings. The number of nitrogens with zero attached hydrogens (tertiary/aromatic N) is 2. The molecule has 0 saturated carbocycles. The van der Waals surface area contributed by atoms with Crippen LogP contribution in [0.3, 0.4) is 0 Å². The van der Waals surface area contributed by atoms with Crippen molar-refractivity contribution >= 4 is 5.82 Å². The molecule has 0 spiro atoms. The summed E-state index contributed by atoms with van der Waals surface area (Å²) in [6.45, 7) is 1.42. The Hall–Kier alpha value is -1.48. The molecule has 1 aliphatic rings. The molecule has 0 radical (unpaired) electrons. The van der Waals surface area contributed by atoms with Crippen molar-refractivity contribution in [1.82, 2.24) is 9.55 Å². The number of aliphatic hydroxyl groups is 3. The molecule has 0 aromatic carbocycles. The van der Waals surface area contributed by atoms with Gasteiger partial charge in [-0.15, -0.1) is 0 Å². The summed E-state index contributed by atoms with van der Waals surface area (Å²) in [6, 6.07) is 1.37. The van der Waals surface area contributed by atoms with E-state index in [1.807, 2.05) is 0 Å². The predicted octanol–water partition coefficient (Wildman–Crippen LogP) is -2.17. The van der Waals surface area contributed by atoms with E-state index >= 15 is 0 Å². The Kier molecular flexibility index (Phi) is 3.35. The second kappa shape index (κ2) is 4.65. The lowest BCUT2D eigenvalue weighted by molar-refractivity contribution is -0.0803. The minimum Gasteiger partial charge on any atom is -0.391 e. The van der Waals surface area contributed by atoms with Crippen LogP contribution in [0.15, 0.2) is 17.1 Å². The average molecular weight is 257 g/mol. The third-order valence-corrected chi connectivity index (χ3v) is 2.88. The van der Waals surface area contributed by atoms with Crippen LogP contribution >= 0.6 is 0 Å². The van der Waals surface area contributed by atoms with E-state index in [0.29, 0.717) is 0 Å². The maximum atomic E-state index is 11.6. The number of rotatable bonds is 2. The minimum absolute atomic E-state index is 0.0522. The number of aliphatic hydroxyl groups excluding tert-OH is 3. The van der Waals surface area contributed by atoms with Gasteiger partial charge >= 0.3 is 5.69 Å². The first kappa shape index (κ1) is 13.0. The molecule has 2 heterocycles. The first-order chi connectivity index (χ1) is 8.41. The van der Waals surface area contributed by atoms with Crippen molar-refractivity contribution < 1.29 is 20.1 Å². The molecule has 0 amide bonds. The third-order valence-electron chi connectivity index (χ3n) is 2.88. The highest BCUT2D eigenvalue weighted by Crippen LogP contribution is 2.29. The minimum atomic E-state index is -1.33. The van der Waals surface area contributed by atoms with Crippen LogP contribution in [0.1, 0.15) is 13.2 Å². The number of nitrogens with two attached hydrogens (primary N) is 1. The average Bonchev–Trinajstić information content (AvgIpc) is 2.57. The topological polar surface area (TPSA) is 131 Å². The highest BCUT2D eigenvalue weighted by Gasteiger charge is 2.46. The molecule has 8 nitrogen and oxygen atoms in total. The number of aromatic nitrogens is 2. The quantitative estimate of drug-likeness (QED) is 0.474. The molecular formula is C10H15N3O5. The van der Waals surface area contributed by atoms with Gasteiger partial charge in [0.15, 0.2) is 6.23 Å². The van der Waals surface area contributed by atoms with E-state index in [0.717, 1.165) is 4.57 Å². The molecule has 100 valence electrons. The van der Waals surface area contributed by atoms with Gasteiger partial charge in [-0.3, -0.25) is 4.57 Å². The zero-order valence-electron chi connectivity index (χ0n) is 9.67. The van der Waals surface area contributed by atoms with E-state index in [9.17, 15) is 20.1 Å². The summed E-state index contributed by atoms with van der Waals surface area (Å²) in [5, 5.41) is 28.9. The summed E-state index contributed by atoms with van der Waals surface area (Å²) in [6.07, 6.45) is -4.32. The van der Waals surface area contributed by atoms with Crippen LogP contribution in [0.5, 0.6) is 0 Å². The van der Waals surface area contributed by atoms with E-state index in [-0.39, 0.29) is 5.82 Å². The van der Waals surface area contributed by atoms with Gasteiger partial charge in [-0.05, 0) is 13.0 Å². The number of anilines is 1. The monoisotopic (exact) mass is 257 g/mol. The molecule has 1 aromatic heterocycles. The molecule has 0 aliphatic carbocycles. The van der Waals surface area contributed by atoms with Gasteiger partial charge in [-0.2, -0.15) is 4.98 Å². The molecule has 2 rings (SSSR count). The summed E-state index contributed by atoms with van der Waals surface area (Å²) in [5.74, 6) is 0.0522. The van der Waals surface area contributed by atoms with E-state index in [1.165, 1.54) is 19.2 Å². The van der Waals surface area contributed by atoms with Crippen molar-refractivity contribution in [3.05, 3.63) is 22.7 Å². The van der Waals surface area contributed by atoms with Gasteiger partial charge in [0, 0.05) is 6.20 Å². The Bertz CT molecular complexity index is 489. The molecule has 1 aliphatic heterocycles. The summed E-state index contributed by atoms with van der Waals surface area (Å²) in [7, 11) is 0. The molecular weight excluding hydrogens is 242 g/mol. The first-order valence-electron chi connectivity index (χ1n) is 5.46. The lowest BCUT2D eigenvalue weighted by Crippen LogP contribution is -2.38. The molecule has 5 atom stereocenters. The van der Waals surface area contributed by atoms with Crippen LogP contribution in [0.2, 0.25) is 0 Å². The van der Waals surface area contributed by atoms with Crippen molar-refractivity contribution in [2.45, 2.75) is 37.6 Å². The van der Waals surface area contributed by atoms with Gasteiger partial charge in [-0.1, -0.05) is 0 Å². The van der Waals surface area contributed by atoms with Gasteiger partial charge in [-0.25, -0.2) is 4.79 Å². The van der Waals surface area contributed by atoms with Crippen LogP contribution < -0.4 is 11.4 Å². The zero-order chi connectivity index (χ0) is 13.4. The summed E-state index contributed by atoms with van der Waals surface area (Å²) >= 11 is 0. The van der Waals surface area contributed by atoms with Crippen LogP contribution in [0.4, 0.5) is 5.82 Å². The number of hydrogen-bond donors (Lipinski definition) is 4. The second-order valence-corrected chi connectivity index (χ2v) is 4.26. The Morgan fingerprint density at radius 1 is 1.50 bits per heavy atom. The SMILES string of the molecule is CC(O)[C@H]1O[C@@H](n2ccc(N)nc2=O)[C@H](O)[C@@H]1O. The number of hydrogen-bond acceptors (Lipinski definition) is 7. The fourth-order valence-electron chi connectivity index (χ4n) is 1.93. The summed E-state index contributed by atoms with van der Waals surface area (Å²) in [4.78, 5) is 15.1. The number of ether oxygens (including phenoxy) is 1. The van der Waals surface area contributed by atoms with Crippen molar-refractivity contribution in [3.8, 4) is 0 Å². The maximum Gasteiger partial charge on any atom is 0.351 e. The van der Waals surface area contributed by atoms with Crippen LogP contribution in [0, 0.1) is 0 Å². The third kappa shape index (κ3) is 2.10. The van der Waals surface area contributed by atoms with Gasteiger partial charge < -0.3 is 25.8 Å². The van der Waals surface area contributed by atoms with E-state index < -0.39 is 36.3 Å². The van der Waals surface area contributed by atoms with Gasteiger partial charge in [0.1, 0.15) is 24.1 Å². The predicted molar refractivity (Wildman–Crippen MR) is 60.5 cm³/mol. The zero-order valence-corrected chi connectivity index (χ0v) is 9.67. The summed E-state index contributed by atoms with van der Waals surface area (Å²) in [5.41, 5.74) is 4.65. The van der Waals surface area contributed by atoms with Gasteiger partial charge in [0.25, 0.3) is 0 Å². The molecule has 1 unspecified atom stereocenters. The highest BCUT2D eigenvalue weighted by molar-refractivity contribution is 5.23. The van der Waals surface area contributed by atoms with Crippen LogP contribution in [-0.2, 0) is 4.74 Å². The molecule has 5 N–H and O–H groups in total. The highest BCUT2D eigenvalue weighted by atomic mass is 16.6.